The van der Waals surface area contributed by atoms with Gasteiger partial charge in [0, 0.05) is 18.2 Å². The van der Waals surface area contributed by atoms with Crippen molar-refractivity contribution in [1.82, 2.24) is 9.97 Å². The van der Waals surface area contributed by atoms with Crippen molar-refractivity contribution >= 4 is 11.6 Å². The average molecular weight is 257 g/mol. The molecule has 0 fully saturated rings. The van der Waals surface area contributed by atoms with Gasteiger partial charge in [0.25, 0.3) is 5.56 Å². The lowest BCUT2D eigenvalue weighted by atomic mass is 9.99. The number of aryl methyl sites for hydroxylation is 1. The molecule has 0 saturated carbocycles. The van der Waals surface area contributed by atoms with Crippen LogP contribution in [0.15, 0.2) is 33.9 Å². The molecule has 2 aromatic rings. The lowest BCUT2D eigenvalue weighted by Crippen LogP contribution is -2.22. The second kappa shape index (κ2) is 4.24. The molecule has 1 aromatic heterocycles. The average Bonchev–Trinajstić information content (AvgIpc) is 2.37. The number of benzene rings is 1. The zero-order valence-corrected chi connectivity index (χ0v) is 9.95. The van der Waals surface area contributed by atoms with Gasteiger partial charge in [0.05, 0.1) is 5.69 Å². The van der Waals surface area contributed by atoms with E-state index in [0.29, 0.717) is 18.5 Å². The fourth-order valence-corrected chi connectivity index (χ4v) is 2.18. The third-order valence-corrected chi connectivity index (χ3v) is 3.07. The first-order chi connectivity index (χ1) is 9.11. The molecule has 0 bridgehead atoms. The van der Waals surface area contributed by atoms with Crippen molar-refractivity contribution < 1.29 is 4.79 Å². The number of aromatic nitrogens is 2. The quantitative estimate of drug-likeness (QED) is 0.698. The maximum absolute atomic E-state index is 11.3. The molecule has 0 aliphatic carbocycles. The smallest absolute Gasteiger partial charge is 0.326 e. The van der Waals surface area contributed by atoms with Gasteiger partial charge < -0.3 is 10.3 Å². The number of aromatic amines is 2. The van der Waals surface area contributed by atoms with E-state index in [0.717, 1.165) is 16.8 Å². The van der Waals surface area contributed by atoms with Gasteiger partial charge >= 0.3 is 5.69 Å². The van der Waals surface area contributed by atoms with Crippen LogP contribution in [0.25, 0.3) is 11.3 Å². The van der Waals surface area contributed by atoms with Gasteiger partial charge in [-0.3, -0.25) is 14.6 Å². The molecule has 0 saturated heterocycles. The van der Waals surface area contributed by atoms with Crippen LogP contribution in [-0.4, -0.2) is 15.9 Å². The minimum absolute atomic E-state index is 0.00446. The summed E-state index contributed by atoms with van der Waals surface area (Å²) in [4.78, 5) is 38.5. The molecule has 1 aliphatic heterocycles. The van der Waals surface area contributed by atoms with E-state index in [4.69, 9.17) is 0 Å². The van der Waals surface area contributed by atoms with Gasteiger partial charge in [-0.15, -0.1) is 0 Å². The van der Waals surface area contributed by atoms with Gasteiger partial charge in [0.1, 0.15) is 0 Å². The summed E-state index contributed by atoms with van der Waals surface area (Å²) in [6, 6.07) is 6.75. The first-order valence-electron chi connectivity index (χ1n) is 5.88. The van der Waals surface area contributed by atoms with Crippen LogP contribution in [0.2, 0.25) is 0 Å². The highest BCUT2D eigenvalue weighted by atomic mass is 16.2. The summed E-state index contributed by atoms with van der Waals surface area (Å²) in [5, 5.41) is 2.78. The Morgan fingerprint density at radius 2 is 1.79 bits per heavy atom. The molecule has 1 aliphatic rings. The van der Waals surface area contributed by atoms with Crippen molar-refractivity contribution in [3.05, 3.63) is 50.7 Å². The Bertz CT molecular complexity index is 745. The van der Waals surface area contributed by atoms with Gasteiger partial charge in [0.15, 0.2) is 0 Å². The topological polar surface area (TPSA) is 94.8 Å². The van der Waals surface area contributed by atoms with Crippen LogP contribution in [0, 0.1) is 0 Å². The SMILES string of the molecule is O=C1CCc2cc(-c3cc(=O)[nH]c(=O)[nH]3)ccc2N1. The summed E-state index contributed by atoms with van der Waals surface area (Å²) in [7, 11) is 0. The van der Waals surface area contributed by atoms with Gasteiger partial charge in [-0.1, -0.05) is 6.07 Å². The number of fused-ring (bicyclic) bond motifs is 1. The molecule has 1 amide bonds. The Labute approximate surface area is 107 Å². The van der Waals surface area contributed by atoms with Crippen molar-refractivity contribution in [1.29, 1.82) is 0 Å². The summed E-state index contributed by atoms with van der Waals surface area (Å²) in [5.41, 5.74) is 2.02. The number of H-pyrrole nitrogens is 2. The van der Waals surface area contributed by atoms with E-state index in [1.54, 1.807) is 12.1 Å². The van der Waals surface area contributed by atoms with E-state index in [9.17, 15) is 14.4 Å². The maximum Gasteiger partial charge on any atom is 0.326 e. The van der Waals surface area contributed by atoms with E-state index in [1.165, 1.54) is 6.07 Å². The Hall–Kier alpha value is -2.63. The molecule has 0 atom stereocenters. The number of hydrogen-bond donors (Lipinski definition) is 3. The second-order valence-electron chi connectivity index (χ2n) is 4.42. The van der Waals surface area contributed by atoms with Gasteiger partial charge in [-0.05, 0) is 29.7 Å². The molecule has 96 valence electrons. The van der Waals surface area contributed by atoms with Crippen molar-refractivity contribution in [3.63, 3.8) is 0 Å². The summed E-state index contributed by atoms with van der Waals surface area (Å²) >= 11 is 0. The lowest BCUT2D eigenvalue weighted by Gasteiger charge is -2.17. The largest absolute Gasteiger partial charge is 0.326 e. The highest BCUT2D eigenvalue weighted by Gasteiger charge is 2.15. The number of carbonyl (C=O) groups is 1. The third-order valence-electron chi connectivity index (χ3n) is 3.07. The van der Waals surface area contributed by atoms with Gasteiger partial charge in [0.2, 0.25) is 5.91 Å². The van der Waals surface area contributed by atoms with Gasteiger partial charge in [-0.25, -0.2) is 4.79 Å². The Morgan fingerprint density at radius 1 is 0.947 bits per heavy atom. The highest BCUT2D eigenvalue weighted by Crippen LogP contribution is 2.26. The van der Waals surface area contributed by atoms with Crippen LogP contribution in [0.3, 0.4) is 0 Å². The molecule has 6 nitrogen and oxygen atoms in total. The van der Waals surface area contributed by atoms with E-state index in [2.05, 4.69) is 15.3 Å². The zero-order valence-electron chi connectivity index (χ0n) is 9.95. The van der Waals surface area contributed by atoms with Crippen LogP contribution >= 0.6 is 0 Å². The fraction of sp³-hybridized carbons (Fsp3) is 0.154. The van der Waals surface area contributed by atoms with Crippen LogP contribution in [0.5, 0.6) is 0 Å². The van der Waals surface area contributed by atoms with Crippen molar-refractivity contribution in [2.45, 2.75) is 12.8 Å². The molecule has 3 rings (SSSR count). The van der Waals surface area contributed by atoms with E-state index < -0.39 is 11.2 Å². The molecular weight excluding hydrogens is 246 g/mol. The number of hydrogen-bond acceptors (Lipinski definition) is 3. The molecular formula is C13H11N3O3. The summed E-state index contributed by atoms with van der Waals surface area (Å²) in [5.74, 6) is 0.00446. The number of anilines is 1. The predicted molar refractivity (Wildman–Crippen MR) is 70.1 cm³/mol. The Kier molecular flexibility index (Phi) is 2.56. The van der Waals surface area contributed by atoms with Crippen molar-refractivity contribution in [2.24, 2.45) is 0 Å². The van der Waals surface area contributed by atoms with E-state index in [1.807, 2.05) is 6.07 Å². The van der Waals surface area contributed by atoms with Crippen LogP contribution < -0.4 is 16.6 Å². The van der Waals surface area contributed by atoms with Crippen LogP contribution in [0.1, 0.15) is 12.0 Å². The maximum atomic E-state index is 11.3. The minimum Gasteiger partial charge on any atom is -0.326 e. The molecule has 6 heteroatoms. The van der Waals surface area contributed by atoms with Crippen molar-refractivity contribution in [2.75, 3.05) is 5.32 Å². The van der Waals surface area contributed by atoms with Gasteiger partial charge in [-0.2, -0.15) is 0 Å². The number of amides is 1. The van der Waals surface area contributed by atoms with Crippen LogP contribution in [-0.2, 0) is 11.2 Å². The zero-order chi connectivity index (χ0) is 13.4. The Balaban J connectivity index is 2.09. The molecule has 0 radical (unpaired) electrons. The molecule has 2 heterocycles. The molecule has 19 heavy (non-hydrogen) atoms. The number of nitrogens with one attached hydrogen (secondary N) is 3. The van der Waals surface area contributed by atoms with Crippen molar-refractivity contribution in [3.8, 4) is 11.3 Å². The molecule has 0 unspecified atom stereocenters. The summed E-state index contributed by atoms with van der Waals surface area (Å²) in [6.45, 7) is 0. The summed E-state index contributed by atoms with van der Waals surface area (Å²) in [6.07, 6.45) is 1.10. The van der Waals surface area contributed by atoms with E-state index in [-0.39, 0.29) is 5.91 Å². The molecule has 1 aromatic carbocycles. The third kappa shape index (κ3) is 2.20. The Morgan fingerprint density at radius 3 is 2.58 bits per heavy atom. The molecule has 3 N–H and O–H groups in total. The fourth-order valence-electron chi connectivity index (χ4n) is 2.18. The second-order valence-corrected chi connectivity index (χ2v) is 4.42. The number of rotatable bonds is 1. The van der Waals surface area contributed by atoms with Crippen LogP contribution in [0.4, 0.5) is 5.69 Å². The minimum atomic E-state index is -0.534. The summed E-state index contributed by atoms with van der Waals surface area (Å²) < 4.78 is 0. The predicted octanol–water partition coefficient (Wildman–Crippen LogP) is 0.615. The monoisotopic (exact) mass is 257 g/mol. The lowest BCUT2D eigenvalue weighted by molar-refractivity contribution is -0.116. The molecule has 0 spiro atoms. The first-order valence-corrected chi connectivity index (χ1v) is 5.88. The standard InChI is InChI=1S/C13H11N3O3/c17-11-4-2-7-5-8(1-3-9(7)14-11)10-6-12(18)16-13(19)15-10/h1,3,5-6H,2,4H2,(H,14,17)(H2,15,16,18,19). The normalized spacial score (nSPS) is 13.8. The highest BCUT2D eigenvalue weighted by molar-refractivity contribution is 5.94. The first kappa shape index (κ1) is 11.5. The number of carbonyl (C=O) groups excluding carboxylic acids is 1. The van der Waals surface area contributed by atoms with E-state index >= 15 is 0 Å².